The van der Waals surface area contributed by atoms with Crippen LogP contribution in [0.5, 0.6) is 0 Å². The molecule has 29 aliphatic rings. The molecule has 0 N–H and O–H groups in total. The number of ether oxygens (including phenoxy) is 6. The minimum Gasteiger partial charge on any atom is -0.359 e. The second-order valence-corrected chi connectivity index (χ2v) is 35.4. The minimum atomic E-state index is -0.551. The van der Waals surface area contributed by atoms with Gasteiger partial charge in [0.15, 0.2) is 0 Å². The van der Waals surface area contributed by atoms with E-state index in [-0.39, 0.29) is 47.5 Å². The summed E-state index contributed by atoms with van der Waals surface area (Å²) in [6.45, 7) is 13.1. The Morgan fingerprint density at radius 3 is 0.398 bits per heavy atom. The average molecular weight is 1490 g/mol. The Morgan fingerprint density at radius 2 is 0.265 bits per heavy atom. The van der Waals surface area contributed by atoms with E-state index in [4.69, 9.17) is 28.4 Å². The Kier molecular flexibility index (Phi) is 21.1. The molecule has 41 rings (SSSR count). The lowest BCUT2D eigenvalue weighted by Gasteiger charge is -2.46. The molecular weight excluding hydrogens is 1380 g/mol. The van der Waals surface area contributed by atoms with Crippen molar-refractivity contribution in [2.24, 2.45) is 0 Å². The minimum absolute atomic E-state index is 0.00933. The van der Waals surface area contributed by atoms with Crippen LogP contribution in [0.25, 0.3) is 89.0 Å². The van der Waals surface area contributed by atoms with Gasteiger partial charge in [-0.25, -0.2) is 0 Å². The van der Waals surface area contributed by atoms with E-state index in [1.807, 2.05) is 0 Å². The lowest BCUT2D eigenvalue weighted by Crippen LogP contribution is -2.43. The van der Waals surface area contributed by atoms with Crippen LogP contribution in [0, 0.1) is 0 Å². The van der Waals surface area contributed by atoms with Crippen LogP contribution < -0.4 is 0 Å². The van der Waals surface area contributed by atoms with Gasteiger partial charge in [0, 0.05) is 21.3 Å². The summed E-state index contributed by atoms with van der Waals surface area (Å²) in [5, 5.41) is 0. The van der Waals surface area contributed by atoms with Gasteiger partial charge in [-0.05, 0) is 263 Å². The zero-order chi connectivity index (χ0) is 77.5. The third kappa shape index (κ3) is 15.1. The monoisotopic (exact) mass is 1490 g/mol. The summed E-state index contributed by atoms with van der Waals surface area (Å²) in [6.07, 6.45) is 16.1. The standard InChI is InChI=1S/C107H110O6/c1-100-57-61-102(3,62-58-100)94-45-29-86(30-46-94)87-31-47-95(48-32-87)103(4)63-59-101(2,60-64-103)93-43-27-85(28-44-93)81-19-11-77(12-20-81)79-15-23-83(24-16-79)90-37-53-98(54-38-90)106(112-74-109-7)69-71-107(72-70-106,113-75-110-8)99-55-39-91(40-56-99)88-33-49-96(50-34-88)104(5)65-67-105(68-66-104,111-73-108-6)97-51-35-89(36-52-97)82-21-13-78(14-22-82)76-9-17-80(18-10-76)84-25-41-92(100)42-26-84/h9-56H,57-75H2,1-8H3. The predicted octanol–water partition coefficient (Wildman–Crippen LogP) is 27.2. The number of rotatable bonds is 9. The van der Waals surface area contributed by atoms with Crippen molar-refractivity contribution in [3.8, 4) is 89.0 Å². The van der Waals surface area contributed by atoms with E-state index in [1.54, 1.807) is 21.3 Å². The molecular formula is C107H110O6. The van der Waals surface area contributed by atoms with Crippen molar-refractivity contribution in [3.63, 3.8) is 0 Å². The molecule has 12 aromatic rings. The van der Waals surface area contributed by atoms with Crippen LogP contribution in [0.15, 0.2) is 291 Å². The average Bonchev–Trinajstić information content (AvgIpc) is 0.769. The van der Waals surface area contributed by atoms with Crippen molar-refractivity contribution in [2.45, 2.75) is 181 Å². The highest BCUT2D eigenvalue weighted by atomic mass is 16.7. The van der Waals surface area contributed by atoms with Crippen molar-refractivity contribution in [3.05, 3.63) is 336 Å². The molecule has 4 fully saturated rings. The van der Waals surface area contributed by atoms with E-state index in [1.165, 1.54) is 161 Å². The maximum Gasteiger partial charge on any atom is 0.147 e. The number of methoxy groups -OCH3 is 3. The van der Waals surface area contributed by atoms with Crippen LogP contribution in [0.4, 0.5) is 0 Å². The topological polar surface area (TPSA) is 55.4 Å². The Hall–Kier alpha value is -9.60. The van der Waals surface area contributed by atoms with E-state index in [2.05, 4.69) is 326 Å². The molecule has 0 saturated heterocycles. The van der Waals surface area contributed by atoms with Crippen LogP contribution in [0.1, 0.15) is 182 Å². The summed E-state index contributed by atoms with van der Waals surface area (Å²) in [5.74, 6) is 0. The van der Waals surface area contributed by atoms with Crippen LogP contribution in [-0.4, -0.2) is 41.7 Å². The lowest BCUT2D eigenvalue weighted by atomic mass is 9.60. The smallest absolute Gasteiger partial charge is 0.147 e. The van der Waals surface area contributed by atoms with Crippen molar-refractivity contribution in [1.29, 1.82) is 0 Å². The van der Waals surface area contributed by atoms with Crippen molar-refractivity contribution in [1.82, 2.24) is 0 Å². The Bertz CT molecular complexity index is 5190. The van der Waals surface area contributed by atoms with Gasteiger partial charge in [0.1, 0.15) is 20.4 Å². The van der Waals surface area contributed by atoms with Gasteiger partial charge in [0.2, 0.25) is 0 Å². The Labute approximate surface area is 671 Å². The lowest BCUT2D eigenvalue weighted by molar-refractivity contribution is -0.203. The second-order valence-electron chi connectivity index (χ2n) is 35.4. The molecule has 29 aliphatic carbocycles. The zero-order valence-electron chi connectivity index (χ0n) is 67.6. The van der Waals surface area contributed by atoms with Gasteiger partial charge in [0.25, 0.3) is 0 Å². The molecule has 32 bridgehead atoms. The first-order chi connectivity index (χ1) is 54.9. The SMILES string of the molecule is COCOC12CCC(C)(CC1)c1ccc(cc1)-c1ccc(cc1)C1(OCOC)CCC(OCOC)(CC1)c1ccc(cc1)-c1ccc(cc1)-c1ccc(cc1)-c1ccc(cc1)C1(C)CCC(C)(CC1)c1ccc(cc1)-c1ccc(cc1)C1(C)CCC(C)(CC1)c1ccc(cc1)-c1ccc(cc1)-c1ccc(cc1)-c1ccc2cc1. The van der Waals surface area contributed by atoms with Crippen LogP contribution in [0.2, 0.25) is 0 Å². The van der Waals surface area contributed by atoms with Gasteiger partial charge in [0.05, 0.1) is 16.8 Å². The third-order valence-corrected chi connectivity index (χ3v) is 28.6. The molecule has 0 unspecified atom stereocenters. The fourth-order valence-corrected chi connectivity index (χ4v) is 20.1. The van der Waals surface area contributed by atoms with Crippen molar-refractivity contribution < 1.29 is 28.4 Å². The molecule has 0 heterocycles. The fourth-order valence-electron chi connectivity index (χ4n) is 20.1. The maximum atomic E-state index is 6.78. The van der Waals surface area contributed by atoms with E-state index in [0.29, 0.717) is 0 Å². The van der Waals surface area contributed by atoms with Gasteiger partial charge in [-0.1, -0.05) is 326 Å². The Balaban J connectivity index is 0.609. The van der Waals surface area contributed by atoms with Gasteiger partial charge in [-0.3, -0.25) is 0 Å². The highest BCUT2D eigenvalue weighted by Crippen LogP contribution is 2.55. The van der Waals surface area contributed by atoms with E-state index in [9.17, 15) is 0 Å². The van der Waals surface area contributed by atoms with E-state index >= 15 is 0 Å². The summed E-state index contributed by atoms with van der Waals surface area (Å²) in [6, 6.07) is 111. The van der Waals surface area contributed by atoms with Gasteiger partial charge < -0.3 is 28.4 Å². The third-order valence-electron chi connectivity index (χ3n) is 28.6. The Morgan fingerprint density at radius 1 is 0.159 bits per heavy atom. The van der Waals surface area contributed by atoms with E-state index in [0.717, 1.165) is 75.3 Å². The summed E-state index contributed by atoms with van der Waals surface area (Å²) in [4.78, 5) is 0. The molecule has 113 heavy (non-hydrogen) atoms. The molecule has 0 radical (unpaired) electrons. The maximum absolute atomic E-state index is 6.78. The molecule has 0 aromatic heterocycles. The van der Waals surface area contributed by atoms with Crippen LogP contribution >= 0.6 is 0 Å². The van der Waals surface area contributed by atoms with Crippen molar-refractivity contribution in [2.75, 3.05) is 41.7 Å². The first-order valence-electron chi connectivity index (χ1n) is 41.6. The first-order valence-corrected chi connectivity index (χ1v) is 41.6. The van der Waals surface area contributed by atoms with Gasteiger partial charge in [-0.2, -0.15) is 0 Å². The fraction of sp³-hybridized carbons (Fsp3) is 0.327. The first kappa shape index (κ1) is 76.1. The molecule has 574 valence electrons. The van der Waals surface area contributed by atoms with E-state index < -0.39 is 16.8 Å². The largest absolute Gasteiger partial charge is 0.359 e. The summed E-state index contributed by atoms with van der Waals surface area (Å²) >= 11 is 0. The second kappa shape index (κ2) is 31.3. The summed E-state index contributed by atoms with van der Waals surface area (Å²) in [5.41, 5.74) is 29.2. The van der Waals surface area contributed by atoms with Gasteiger partial charge in [-0.15, -0.1) is 0 Å². The molecule has 6 nitrogen and oxygen atoms in total. The summed E-state index contributed by atoms with van der Waals surface area (Å²) in [7, 11) is 5.13. The number of hydrogen-bond acceptors (Lipinski definition) is 6. The molecule has 4 saturated carbocycles. The van der Waals surface area contributed by atoms with Crippen LogP contribution in [0.3, 0.4) is 0 Å². The highest BCUT2D eigenvalue weighted by Gasteiger charge is 2.48. The number of hydrogen-bond donors (Lipinski definition) is 0. The quantitative estimate of drug-likeness (QED) is 0.134. The molecule has 0 atom stereocenters. The summed E-state index contributed by atoms with van der Waals surface area (Å²) < 4.78 is 37.2. The molecule has 0 amide bonds. The van der Waals surface area contributed by atoms with Gasteiger partial charge >= 0.3 is 0 Å². The molecule has 12 aromatic carbocycles. The highest BCUT2D eigenvalue weighted by molar-refractivity contribution is 5.76. The predicted molar refractivity (Wildman–Crippen MR) is 464 cm³/mol. The zero-order valence-corrected chi connectivity index (χ0v) is 67.6. The van der Waals surface area contributed by atoms with Crippen molar-refractivity contribution >= 4 is 0 Å². The molecule has 0 aliphatic heterocycles. The van der Waals surface area contributed by atoms with Crippen LogP contribution in [-0.2, 0) is 72.3 Å². The number of benzene rings is 12. The normalized spacial score (nSPS) is 25.4. The molecule has 6 heteroatoms. The molecule has 0 spiro atoms.